The van der Waals surface area contributed by atoms with Crippen LogP contribution in [0.15, 0.2) is 72.8 Å². The highest BCUT2D eigenvalue weighted by molar-refractivity contribution is 5.90. The molecule has 4 aromatic rings. The maximum Gasteiger partial charge on any atom is 0.197 e. The second kappa shape index (κ2) is 11.9. The number of phenols is 2. The number of rotatable bonds is 10. The van der Waals surface area contributed by atoms with Gasteiger partial charge in [0.25, 0.3) is 0 Å². The molecule has 5 rings (SSSR count). The van der Waals surface area contributed by atoms with Gasteiger partial charge in [-0.15, -0.1) is 0 Å². The molecule has 1 aliphatic rings. The molecule has 6 nitrogen and oxygen atoms in total. The predicted octanol–water partition coefficient (Wildman–Crippen LogP) is 7.39. The zero-order valence-corrected chi connectivity index (χ0v) is 22.0. The van der Waals surface area contributed by atoms with Crippen LogP contribution in [0.4, 0.5) is 0 Å². The lowest BCUT2D eigenvalue weighted by molar-refractivity contribution is -0.0939. The molecule has 0 saturated heterocycles. The van der Waals surface area contributed by atoms with Crippen molar-refractivity contribution in [3.05, 3.63) is 72.8 Å². The van der Waals surface area contributed by atoms with E-state index in [0.29, 0.717) is 25.0 Å². The summed E-state index contributed by atoms with van der Waals surface area (Å²) in [5.41, 5.74) is 0. The molecule has 0 bridgehead atoms. The maximum absolute atomic E-state index is 9.73. The van der Waals surface area contributed by atoms with E-state index in [-0.39, 0.29) is 24.1 Å². The van der Waals surface area contributed by atoms with Crippen molar-refractivity contribution in [2.45, 2.75) is 52.1 Å². The lowest BCUT2D eigenvalue weighted by Crippen LogP contribution is -2.27. The molecule has 38 heavy (non-hydrogen) atoms. The largest absolute Gasteiger partial charge is 0.508 e. The van der Waals surface area contributed by atoms with Crippen LogP contribution in [0.2, 0.25) is 0 Å². The van der Waals surface area contributed by atoms with E-state index >= 15 is 0 Å². The van der Waals surface area contributed by atoms with Gasteiger partial charge in [-0.1, -0.05) is 24.3 Å². The van der Waals surface area contributed by atoms with Gasteiger partial charge < -0.3 is 29.2 Å². The topological polar surface area (TPSA) is 77.4 Å². The van der Waals surface area contributed by atoms with Gasteiger partial charge in [0.1, 0.15) is 23.0 Å². The molecule has 2 atom stereocenters. The minimum absolute atomic E-state index is 0.244. The quantitative estimate of drug-likeness (QED) is 0.214. The molecule has 200 valence electrons. The molecule has 2 unspecified atom stereocenters. The standard InChI is InChI=1S/C32H36O6/c1-21(37-31-7-3-5-25-17-27(33)13-15-29(25)31)35-19-23-9-11-24(12-10-23)20-36-22(2)38-32-8-4-6-26-18-28(34)14-16-30(26)32/h3-8,13-18,21-24,33-34H,9-12,19-20H2,1-2H3. The number of benzene rings is 4. The Morgan fingerprint density at radius 1 is 0.632 bits per heavy atom. The van der Waals surface area contributed by atoms with E-state index in [1.165, 1.54) is 0 Å². The molecular weight excluding hydrogens is 480 g/mol. The Morgan fingerprint density at radius 2 is 1.05 bits per heavy atom. The minimum atomic E-state index is -0.355. The van der Waals surface area contributed by atoms with Crippen molar-refractivity contribution < 1.29 is 29.2 Å². The van der Waals surface area contributed by atoms with Gasteiger partial charge >= 0.3 is 0 Å². The van der Waals surface area contributed by atoms with Crippen LogP contribution in [-0.2, 0) is 9.47 Å². The highest BCUT2D eigenvalue weighted by Crippen LogP contribution is 2.32. The lowest BCUT2D eigenvalue weighted by atomic mass is 9.83. The molecule has 0 radical (unpaired) electrons. The fourth-order valence-electron chi connectivity index (χ4n) is 5.22. The molecule has 6 heteroatoms. The highest BCUT2D eigenvalue weighted by atomic mass is 16.7. The zero-order chi connectivity index (χ0) is 26.5. The van der Waals surface area contributed by atoms with Crippen LogP contribution in [0.25, 0.3) is 21.5 Å². The van der Waals surface area contributed by atoms with Gasteiger partial charge in [0.2, 0.25) is 0 Å². The van der Waals surface area contributed by atoms with Gasteiger partial charge in [-0.2, -0.15) is 0 Å². The third-order valence-electron chi connectivity index (χ3n) is 7.33. The minimum Gasteiger partial charge on any atom is -0.508 e. The Hall–Kier alpha value is -3.48. The second-order valence-electron chi connectivity index (χ2n) is 10.2. The summed E-state index contributed by atoms with van der Waals surface area (Å²) < 4.78 is 24.3. The molecule has 2 N–H and O–H groups in total. The van der Waals surface area contributed by atoms with Crippen molar-refractivity contribution in [3.8, 4) is 23.0 Å². The van der Waals surface area contributed by atoms with Crippen LogP contribution in [-0.4, -0.2) is 36.0 Å². The molecule has 0 aliphatic heterocycles. The molecular formula is C32H36O6. The first-order chi connectivity index (χ1) is 18.4. The van der Waals surface area contributed by atoms with Gasteiger partial charge in [0.15, 0.2) is 12.6 Å². The van der Waals surface area contributed by atoms with Crippen LogP contribution >= 0.6 is 0 Å². The Kier molecular flexibility index (Phi) is 8.20. The van der Waals surface area contributed by atoms with Gasteiger partial charge in [-0.05, 0) is 111 Å². The summed E-state index contributed by atoms with van der Waals surface area (Å²) in [7, 11) is 0. The zero-order valence-electron chi connectivity index (χ0n) is 22.0. The normalized spacial score (nSPS) is 19.3. The monoisotopic (exact) mass is 516 g/mol. The average molecular weight is 517 g/mol. The summed E-state index contributed by atoms with van der Waals surface area (Å²) in [6.45, 7) is 5.21. The summed E-state index contributed by atoms with van der Waals surface area (Å²) in [5.74, 6) is 3.04. The van der Waals surface area contributed by atoms with E-state index < -0.39 is 0 Å². The molecule has 1 saturated carbocycles. The maximum atomic E-state index is 9.73. The number of aromatic hydroxyl groups is 2. The fraction of sp³-hybridized carbons (Fsp3) is 0.375. The Balaban J connectivity index is 1.03. The van der Waals surface area contributed by atoms with Crippen LogP contribution < -0.4 is 9.47 Å². The number of fused-ring (bicyclic) bond motifs is 2. The highest BCUT2D eigenvalue weighted by Gasteiger charge is 2.23. The molecule has 1 aliphatic carbocycles. The Bertz CT molecular complexity index is 1260. The van der Waals surface area contributed by atoms with Crippen molar-refractivity contribution in [2.75, 3.05) is 13.2 Å². The summed E-state index contributed by atoms with van der Waals surface area (Å²) >= 11 is 0. The van der Waals surface area contributed by atoms with Crippen molar-refractivity contribution in [2.24, 2.45) is 11.8 Å². The van der Waals surface area contributed by atoms with Crippen LogP contribution in [0.5, 0.6) is 23.0 Å². The summed E-state index contributed by atoms with van der Waals surface area (Å²) in [6.07, 6.45) is 3.72. The first kappa shape index (κ1) is 26.1. The van der Waals surface area contributed by atoms with Gasteiger partial charge in [0.05, 0.1) is 13.2 Å². The lowest BCUT2D eigenvalue weighted by Gasteiger charge is -2.30. The first-order valence-electron chi connectivity index (χ1n) is 13.4. The molecule has 0 aromatic heterocycles. The van der Waals surface area contributed by atoms with E-state index in [1.54, 1.807) is 24.3 Å². The van der Waals surface area contributed by atoms with Crippen LogP contribution in [0.1, 0.15) is 39.5 Å². The third-order valence-corrected chi connectivity index (χ3v) is 7.33. The third kappa shape index (κ3) is 6.50. The van der Waals surface area contributed by atoms with E-state index in [4.69, 9.17) is 18.9 Å². The molecule has 0 heterocycles. The smallest absolute Gasteiger partial charge is 0.197 e. The Labute approximate surface area is 223 Å². The number of hydrogen-bond donors (Lipinski definition) is 2. The number of ether oxygens (including phenoxy) is 4. The molecule has 0 amide bonds. The SMILES string of the molecule is CC(OCC1CCC(COC(C)Oc2cccc3cc(O)ccc23)CC1)Oc1cccc2cc(O)ccc12. The first-order valence-corrected chi connectivity index (χ1v) is 13.4. The van der Waals surface area contributed by atoms with E-state index in [0.717, 1.165) is 58.7 Å². The van der Waals surface area contributed by atoms with Gasteiger partial charge in [-0.25, -0.2) is 0 Å². The number of hydrogen-bond acceptors (Lipinski definition) is 6. The molecule has 4 aromatic carbocycles. The summed E-state index contributed by atoms with van der Waals surface area (Å²) in [5, 5.41) is 23.2. The average Bonchev–Trinajstić information content (AvgIpc) is 2.91. The van der Waals surface area contributed by atoms with E-state index in [2.05, 4.69) is 0 Å². The van der Waals surface area contributed by atoms with Crippen LogP contribution in [0, 0.1) is 11.8 Å². The summed E-state index contributed by atoms with van der Waals surface area (Å²) in [4.78, 5) is 0. The van der Waals surface area contributed by atoms with Crippen LogP contribution in [0.3, 0.4) is 0 Å². The van der Waals surface area contributed by atoms with Gasteiger partial charge in [-0.3, -0.25) is 0 Å². The van der Waals surface area contributed by atoms with Crippen molar-refractivity contribution >= 4 is 21.5 Å². The summed E-state index contributed by atoms with van der Waals surface area (Å²) in [6, 6.07) is 22.2. The van der Waals surface area contributed by atoms with E-state index in [9.17, 15) is 10.2 Å². The number of phenolic OH excluding ortho intramolecular Hbond substituents is 2. The fourth-order valence-corrected chi connectivity index (χ4v) is 5.22. The Morgan fingerprint density at radius 3 is 1.47 bits per heavy atom. The molecule has 1 fully saturated rings. The second-order valence-corrected chi connectivity index (χ2v) is 10.2. The van der Waals surface area contributed by atoms with E-state index in [1.807, 2.05) is 62.4 Å². The molecule has 0 spiro atoms. The van der Waals surface area contributed by atoms with Crippen molar-refractivity contribution in [3.63, 3.8) is 0 Å². The van der Waals surface area contributed by atoms with Gasteiger partial charge in [0, 0.05) is 10.8 Å². The predicted molar refractivity (Wildman–Crippen MR) is 149 cm³/mol. The van der Waals surface area contributed by atoms with Crippen molar-refractivity contribution in [1.29, 1.82) is 0 Å². The van der Waals surface area contributed by atoms with Crippen molar-refractivity contribution in [1.82, 2.24) is 0 Å².